The van der Waals surface area contributed by atoms with Crippen LogP contribution < -0.4 is 33.6 Å². The largest absolute Gasteiger partial charge is 0.389 e. The van der Waals surface area contributed by atoms with Crippen LogP contribution in [-0.2, 0) is 23.7 Å². The number of aliphatic imine (C=N–C) groups is 1. The third-order valence-corrected chi connectivity index (χ3v) is 8.59. The van der Waals surface area contributed by atoms with E-state index in [1.54, 1.807) is 0 Å². The average Bonchev–Trinajstić information content (AvgIpc) is 3.03. The number of amides is 1. The molecule has 0 bridgehead atoms. The van der Waals surface area contributed by atoms with Crippen LogP contribution in [-0.4, -0.2) is 167 Å². The molecule has 0 aromatic heterocycles. The van der Waals surface area contributed by atoms with E-state index >= 15 is 0 Å². The van der Waals surface area contributed by atoms with Gasteiger partial charge in [0.25, 0.3) is 5.91 Å². The minimum atomic E-state index is -2.13. The Hall–Kier alpha value is -2.02. The van der Waals surface area contributed by atoms with E-state index in [-0.39, 0.29) is 32.0 Å². The number of nitrogens with one attached hydrogen (secondary N) is 3. The molecule has 0 spiro atoms. The standard InChI is InChI=1S/C26H51N9O11/c1-26(42)9-43-25(19(40)22(26)32-2)46-20-12(34-23(41)17(38)16(37)14(36)6-27)5-13(35-31)21(18(20)39)45-24-11(29)4-3-10(44-24)8-33-15(30)7-28/h10-14,16-22,24-25,31-32,36-40,42H,3-9,27-29H2,1-2H3,(H2,30,33)(H,34,41)/t10-,11?,12+,13-,14-,16-,17-,18?,19?,20?,21?,22+,24+,25+,26?/m0/s1. The number of hydrogen-bond donors (Lipinski definition) is 13. The van der Waals surface area contributed by atoms with Gasteiger partial charge >= 0.3 is 0 Å². The van der Waals surface area contributed by atoms with Crippen LogP contribution in [0, 0.1) is 5.53 Å². The molecule has 3 aliphatic rings. The van der Waals surface area contributed by atoms with Crippen molar-refractivity contribution < 1.29 is 54.4 Å². The molecule has 17 N–H and O–H groups in total. The number of carbonyl (C=O) groups excluding carboxylic acids is 1. The zero-order valence-electron chi connectivity index (χ0n) is 26.0. The van der Waals surface area contributed by atoms with Crippen LogP contribution in [0.2, 0.25) is 0 Å². The van der Waals surface area contributed by atoms with Crippen molar-refractivity contribution in [3.05, 3.63) is 0 Å². The van der Waals surface area contributed by atoms with E-state index in [1.807, 2.05) is 0 Å². The van der Waals surface area contributed by atoms with Gasteiger partial charge < -0.3 is 83.2 Å². The van der Waals surface area contributed by atoms with Gasteiger partial charge in [0.15, 0.2) is 18.7 Å². The first-order valence-electron chi connectivity index (χ1n) is 15.2. The van der Waals surface area contributed by atoms with Gasteiger partial charge in [-0.2, -0.15) is 5.11 Å². The summed E-state index contributed by atoms with van der Waals surface area (Å²) in [5.74, 6) is -0.906. The zero-order chi connectivity index (χ0) is 34.3. The Morgan fingerprint density at radius 2 is 1.80 bits per heavy atom. The highest BCUT2D eigenvalue weighted by Gasteiger charge is 2.53. The fourth-order valence-corrected chi connectivity index (χ4v) is 5.87. The van der Waals surface area contributed by atoms with Crippen molar-refractivity contribution in [1.82, 2.24) is 10.6 Å². The molecule has 3 rings (SSSR count). The van der Waals surface area contributed by atoms with Crippen LogP contribution in [0.4, 0.5) is 0 Å². The number of aliphatic hydroxyl groups is 6. The van der Waals surface area contributed by atoms with E-state index in [4.69, 9.17) is 47.4 Å². The number of likely N-dealkylation sites (N-methyl/N-ethyl adjacent to an activating group) is 1. The van der Waals surface area contributed by atoms with Gasteiger partial charge in [0.2, 0.25) is 0 Å². The Morgan fingerprint density at radius 1 is 1.13 bits per heavy atom. The molecule has 0 aromatic rings. The summed E-state index contributed by atoms with van der Waals surface area (Å²) in [6, 6.07) is -3.84. The van der Waals surface area contributed by atoms with Crippen molar-refractivity contribution in [1.29, 1.82) is 5.53 Å². The Kier molecular flexibility index (Phi) is 14.1. The van der Waals surface area contributed by atoms with Gasteiger partial charge in [0, 0.05) is 6.54 Å². The second-order valence-corrected chi connectivity index (χ2v) is 12.2. The first kappa shape index (κ1) is 38.4. The molecule has 6 unspecified atom stereocenters. The number of ether oxygens (including phenoxy) is 4. The van der Waals surface area contributed by atoms with E-state index in [0.717, 1.165) is 0 Å². The smallest absolute Gasteiger partial charge is 0.251 e. The molecule has 266 valence electrons. The van der Waals surface area contributed by atoms with Crippen LogP contribution in [0.25, 0.3) is 0 Å². The molecule has 0 aromatic carbocycles. The van der Waals surface area contributed by atoms with Crippen molar-refractivity contribution in [3.63, 3.8) is 0 Å². The molecule has 0 radical (unpaired) electrons. The lowest BCUT2D eigenvalue weighted by Crippen LogP contribution is -2.69. The molecule has 46 heavy (non-hydrogen) atoms. The number of amidine groups is 1. The van der Waals surface area contributed by atoms with Gasteiger partial charge in [-0.05, 0) is 33.2 Å². The normalized spacial score (nSPS) is 40.9. The van der Waals surface area contributed by atoms with Crippen LogP contribution >= 0.6 is 0 Å². The summed E-state index contributed by atoms with van der Waals surface area (Å²) in [5.41, 5.74) is 29.2. The van der Waals surface area contributed by atoms with E-state index in [2.05, 4.69) is 20.7 Å². The van der Waals surface area contributed by atoms with E-state index in [0.29, 0.717) is 12.8 Å². The maximum Gasteiger partial charge on any atom is 0.251 e. The van der Waals surface area contributed by atoms with Gasteiger partial charge in [0.05, 0.1) is 50.0 Å². The zero-order valence-corrected chi connectivity index (χ0v) is 26.0. The number of rotatable bonds is 14. The topological polar surface area (TPSA) is 352 Å². The molecular formula is C26H51N9O11. The number of hydrogen-bond acceptors (Lipinski definition) is 18. The van der Waals surface area contributed by atoms with Crippen LogP contribution in [0.15, 0.2) is 10.1 Å². The molecule has 1 aliphatic carbocycles. The molecule has 20 nitrogen and oxygen atoms in total. The van der Waals surface area contributed by atoms with Crippen LogP contribution in [0.5, 0.6) is 0 Å². The lowest BCUT2D eigenvalue weighted by molar-refractivity contribution is -0.307. The van der Waals surface area contributed by atoms with Crippen molar-refractivity contribution in [3.8, 4) is 0 Å². The Bertz CT molecular complexity index is 1030. The Balaban J connectivity index is 1.87. The maximum atomic E-state index is 13.0. The van der Waals surface area contributed by atoms with Crippen molar-refractivity contribution in [2.45, 2.75) is 117 Å². The molecule has 2 aliphatic heterocycles. The molecular weight excluding hydrogens is 614 g/mol. The van der Waals surface area contributed by atoms with Crippen LogP contribution in [0.1, 0.15) is 26.2 Å². The highest BCUT2D eigenvalue weighted by atomic mass is 16.7. The summed E-state index contributed by atoms with van der Waals surface area (Å²) in [6.07, 6.45) is -13.6. The van der Waals surface area contributed by atoms with Gasteiger partial charge in [-0.1, -0.05) is 0 Å². The Morgan fingerprint density at radius 3 is 2.41 bits per heavy atom. The molecule has 20 heteroatoms. The van der Waals surface area contributed by atoms with Crippen molar-refractivity contribution in [2.75, 3.05) is 33.3 Å². The SMILES string of the molecule is CN[C@@H]1C(O)[C@@H](OC2C(O)C(O[C@H]3O[C@H](CN=C(N)CN)CCC3N)[C@@H](N=N)C[C@H]2NC(=O)[C@@H](O)[C@@H](O)[C@@H](O)CN)OCC1(C)O. The number of carbonyl (C=O) groups is 1. The third-order valence-electron chi connectivity index (χ3n) is 8.59. The lowest BCUT2D eigenvalue weighted by Gasteiger charge is -2.48. The minimum Gasteiger partial charge on any atom is -0.389 e. The summed E-state index contributed by atoms with van der Waals surface area (Å²) >= 11 is 0. The number of aliphatic hydroxyl groups excluding tert-OH is 5. The van der Waals surface area contributed by atoms with Gasteiger partial charge in [0.1, 0.15) is 48.0 Å². The molecule has 1 amide bonds. The summed E-state index contributed by atoms with van der Waals surface area (Å²) in [4.78, 5) is 17.1. The molecule has 2 heterocycles. The number of nitrogens with two attached hydrogens (primary N) is 4. The predicted octanol–water partition coefficient (Wildman–Crippen LogP) is -6.35. The lowest BCUT2D eigenvalue weighted by atomic mass is 9.83. The Labute approximate surface area is 266 Å². The van der Waals surface area contributed by atoms with Gasteiger partial charge in [-0.25, -0.2) is 5.53 Å². The van der Waals surface area contributed by atoms with Gasteiger partial charge in [-0.15, -0.1) is 0 Å². The molecule has 1 saturated carbocycles. The fraction of sp³-hybridized carbons (Fsp3) is 0.923. The highest BCUT2D eigenvalue weighted by molar-refractivity contribution is 5.82. The first-order chi connectivity index (χ1) is 21.7. The molecule has 2 saturated heterocycles. The summed E-state index contributed by atoms with van der Waals surface area (Å²) in [5, 5.41) is 72.5. The fourth-order valence-electron chi connectivity index (χ4n) is 5.87. The van der Waals surface area contributed by atoms with E-state index in [1.165, 1.54) is 14.0 Å². The monoisotopic (exact) mass is 665 g/mol. The second-order valence-electron chi connectivity index (χ2n) is 12.2. The van der Waals surface area contributed by atoms with Crippen LogP contribution in [0.3, 0.4) is 0 Å². The van der Waals surface area contributed by atoms with Gasteiger partial charge in [-0.3, -0.25) is 9.79 Å². The molecule has 15 atom stereocenters. The third kappa shape index (κ3) is 9.11. The predicted molar refractivity (Wildman–Crippen MR) is 159 cm³/mol. The maximum absolute atomic E-state index is 13.0. The minimum absolute atomic E-state index is 0.0712. The number of nitrogens with zero attached hydrogens (tertiary/aromatic N) is 2. The average molecular weight is 666 g/mol. The second kappa shape index (κ2) is 16.9. The van der Waals surface area contributed by atoms with E-state index < -0.39 is 104 Å². The summed E-state index contributed by atoms with van der Waals surface area (Å²) in [7, 11) is 1.52. The highest BCUT2D eigenvalue weighted by Crippen LogP contribution is 2.34. The summed E-state index contributed by atoms with van der Waals surface area (Å²) < 4.78 is 23.8. The first-order valence-corrected chi connectivity index (χ1v) is 15.2. The quantitative estimate of drug-likeness (QED) is 0.0466. The summed E-state index contributed by atoms with van der Waals surface area (Å²) in [6.45, 7) is 1.01. The van der Waals surface area contributed by atoms with Crippen molar-refractivity contribution in [2.24, 2.45) is 33.0 Å². The van der Waals surface area contributed by atoms with E-state index in [9.17, 15) is 35.4 Å². The molecule has 3 fully saturated rings. The van der Waals surface area contributed by atoms with Crippen molar-refractivity contribution >= 4 is 11.7 Å².